The molecule has 1 aromatic carbocycles. The quantitative estimate of drug-likeness (QED) is 0.710. The molecule has 1 aliphatic rings. The number of rotatable bonds is 8. The minimum atomic E-state index is -3.28. The minimum absolute atomic E-state index is 0.0294. The number of carboxylic acids is 1. The van der Waals surface area contributed by atoms with E-state index >= 15 is 0 Å². The van der Waals surface area contributed by atoms with Crippen molar-refractivity contribution in [2.24, 2.45) is 0 Å². The molecule has 0 atom stereocenters. The highest BCUT2D eigenvalue weighted by Crippen LogP contribution is 2.22. The summed E-state index contributed by atoms with van der Waals surface area (Å²) in [5.74, 6) is -0.811. The minimum Gasteiger partial charge on any atom is -0.494 e. The van der Waals surface area contributed by atoms with Gasteiger partial charge in [0, 0.05) is 24.7 Å². The van der Waals surface area contributed by atoms with Gasteiger partial charge in [-0.15, -0.1) is 0 Å². The van der Waals surface area contributed by atoms with Crippen LogP contribution < -0.4 is 4.74 Å². The molecule has 1 aromatic rings. The number of carboxylic acid groups (broad SMARTS) is 1. The third-order valence-corrected chi connectivity index (χ3v) is 6.48. The fraction of sp³-hybridized carbons (Fsp3) is 0.556. The maximum absolute atomic E-state index is 12.9. The van der Waals surface area contributed by atoms with Crippen LogP contribution in [-0.4, -0.2) is 72.6 Å². The Kier molecular flexibility index (Phi) is 7.20. The molecule has 9 heteroatoms. The van der Waals surface area contributed by atoms with Gasteiger partial charge in [-0.3, -0.25) is 9.59 Å². The molecule has 150 valence electrons. The SMILES string of the molecule is CCOc1ccc(C(=O)N(CC(=O)O)C2CCN(S(=O)(=O)CC)CC2)cc1. The van der Waals surface area contributed by atoms with E-state index in [2.05, 4.69) is 0 Å². The molecule has 8 nitrogen and oxygen atoms in total. The monoisotopic (exact) mass is 398 g/mol. The summed E-state index contributed by atoms with van der Waals surface area (Å²) in [6, 6.07) is 6.25. The van der Waals surface area contributed by atoms with Crippen molar-refractivity contribution in [2.75, 3.05) is 32.0 Å². The Balaban J connectivity index is 2.13. The molecule has 1 aliphatic heterocycles. The number of carbonyl (C=O) groups is 2. The van der Waals surface area contributed by atoms with E-state index in [-0.39, 0.29) is 30.8 Å². The Bertz CT molecular complexity index is 755. The highest BCUT2D eigenvalue weighted by atomic mass is 32.2. The second kappa shape index (κ2) is 9.18. The summed E-state index contributed by atoms with van der Waals surface area (Å²) in [4.78, 5) is 25.5. The van der Waals surface area contributed by atoms with E-state index in [1.165, 1.54) is 9.21 Å². The van der Waals surface area contributed by atoms with E-state index in [0.717, 1.165) is 0 Å². The predicted octanol–water partition coefficient (Wildman–Crippen LogP) is 1.43. The summed E-state index contributed by atoms with van der Waals surface area (Å²) >= 11 is 0. The van der Waals surface area contributed by atoms with Crippen LogP contribution in [0.3, 0.4) is 0 Å². The normalized spacial score (nSPS) is 16.1. The van der Waals surface area contributed by atoms with Gasteiger partial charge in [0.15, 0.2) is 0 Å². The lowest BCUT2D eigenvalue weighted by Gasteiger charge is -2.37. The van der Waals surface area contributed by atoms with E-state index < -0.39 is 22.5 Å². The largest absolute Gasteiger partial charge is 0.494 e. The summed E-state index contributed by atoms with van der Waals surface area (Å²) < 4.78 is 30.7. The molecule has 0 bridgehead atoms. The van der Waals surface area contributed by atoms with E-state index in [4.69, 9.17) is 4.74 Å². The number of sulfonamides is 1. The highest BCUT2D eigenvalue weighted by Gasteiger charge is 2.33. The number of carbonyl (C=O) groups excluding carboxylic acids is 1. The van der Waals surface area contributed by atoms with E-state index in [0.29, 0.717) is 30.8 Å². The molecule has 0 aliphatic carbocycles. The van der Waals surface area contributed by atoms with Crippen LogP contribution >= 0.6 is 0 Å². The summed E-state index contributed by atoms with van der Waals surface area (Å²) in [7, 11) is -3.28. The molecule has 1 heterocycles. The van der Waals surface area contributed by atoms with Gasteiger partial charge < -0.3 is 14.7 Å². The van der Waals surface area contributed by atoms with Gasteiger partial charge in [-0.1, -0.05) is 0 Å². The van der Waals surface area contributed by atoms with Crippen molar-refractivity contribution >= 4 is 21.9 Å². The third kappa shape index (κ3) is 5.43. The molecule has 1 fully saturated rings. The molecular weight excluding hydrogens is 372 g/mol. The number of aliphatic carboxylic acids is 1. The average Bonchev–Trinajstić information content (AvgIpc) is 2.66. The van der Waals surface area contributed by atoms with Crippen LogP contribution in [0, 0.1) is 0 Å². The van der Waals surface area contributed by atoms with Crippen molar-refractivity contribution in [1.82, 2.24) is 9.21 Å². The van der Waals surface area contributed by atoms with E-state index in [9.17, 15) is 23.1 Å². The number of amides is 1. The van der Waals surface area contributed by atoms with Gasteiger partial charge in [-0.05, 0) is 51.0 Å². The first-order valence-electron chi connectivity index (χ1n) is 9.02. The zero-order valence-electron chi connectivity index (χ0n) is 15.6. The second-order valence-corrected chi connectivity index (χ2v) is 8.57. The van der Waals surface area contributed by atoms with Crippen molar-refractivity contribution in [1.29, 1.82) is 0 Å². The predicted molar refractivity (Wildman–Crippen MR) is 100 cm³/mol. The molecule has 0 saturated carbocycles. The lowest BCUT2D eigenvalue weighted by Crippen LogP contribution is -2.50. The van der Waals surface area contributed by atoms with Crippen LogP contribution in [0.15, 0.2) is 24.3 Å². The van der Waals surface area contributed by atoms with E-state index in [1.54, 1.807) is 31.2 Å². The molecule has 2 rings (SSSR count). The van der Waals surface area contributed by atoms with Crippen LogP contribution in [0.4, 0.5) is 0 Å². The van der Waals surface area contributed by atoms with Crippen LogP contribution in [0.2, 0.25) is 0 Å². The van der Waals surface area contributed by atoms with Gasteiger partial charge in [-0.25, -0.2) is 12.7 Å². The fourth-order valence-corrected chi connectivity index (χ4v) is 4.29. The molecule has 0 radical (unpaired) electrons. The van der Waals surface area contributed by atoms with Gasteiger partial charge in [0.05, 0.1) is 12.4 Å². The molecule has 0 unspecified atom stereocenters. The Morgan fingerprint density at radius 3 is 2.26 bits per heavy atom. The number of piperidine rings is 1. The van der Waals surface area contributed by atoms with Crippen LogP contribution in [0.25, 0.3) is 0 Å². The second-order valence-electron chi connectivity index (χ2n) is 6.31. The topological polar surface area (TPSA) is 104 Å². The van der Waals surface area contributed by atoms with Crippen molar-refractivity contribution in [3.63, 3.8) is 0 Å². The number of benzene rings is 1. The molecule has 1 amide bonds. The molecule has 0 aromatic heterocycles. The smallest absolute Gasteiger partial charge is 0.323 e. The molecule has 0 spiro atoms. The maximum atomic E-state index is 12.9. The van der Waals surface area contributed by atoms with Gasteiger partial charge in [0.2, 0.25) is 10.0 Å². The van der Waals surface area contributed by atoms with Crippen molar-refractivity contribution in [3.8, 4) is 5.75 Å². The Morgan fingerprint density at radius 1 is 1.19 bits per heavy atom. The molecule has 1 saturated heterocycles. The molecular formula is C18H26N2O6S. The highest BCUT2D eigenvalue weighted by molar-refractivity contribution is 7.89. The first kappa shape index (κ1) is 21.2. The van der Waals surface area contributed by atoms with Crippen molar-refractivity contribution in [3.05, 3.63) is 29.8 Å². The van der Waals surface area contributed by atoms with E-state index in [1.807, 2.05) is 6.92 Å². The molecule has 27 heavy (non-hydrogen) atoms. The first-order valence-corrected chi connectivity index (χ1v) is 10.6. The van der Waals surface area contributed by atoms with Crippen LogP contribution in [0.5, 0.6) is 5.75 Å². The Hall–Kier alpha value is -2.13. The lowest BCUT2D eigenvalue weighted by molar-refractivity contribution is -0.138. The average molecular weight is 398 g/mol. The zero-order chi connectivity index (χ0) is 20.0. The zero-order valence-corrected chi connectivity index (χ0v) is 16.4. The maximum Gasteiger partial charge on any atom is 0.323 e. The number of nitrogens with zero attached hydrogens (tertiary/aromatic N) is 2. The fourth-order valence-electron chi connectivity index (χ4n) is 3.15. The first-order chi connectivity index (χ1) is 12.8. The third-order valence-electron chi connectivity index (χ3n) is 4.60. The lowest BCUT2D eigenvalue weighted by atomic mass is 10.0. The van der Waals surface area contributed by atoms with Crippen molar-refractivity contribution in [2.45, 2.75) is 32.7 Å². The molecule has 1 N–H and O–H groups in total. The van der Waals surface area contributed by atoms with Crippen molar-refractivity contribution < 1.29 is 27.9 Å². The van der Waals surface area contributed by atoms with Gasteiger partial charge in [-0.2, -0.15) is 0 Å². The standard InChI is InChI=1S/C18H26N2O6S/c1-3-26-16-7-5-14(6-8-16)18(23)20(13-17(21)22)15-9-11-19(12-10-15)27(24,25)4-2/h5-8,15H,3-4,9-13H2,1-2H3,(H,21,22). The Labute approximate surface area is 159 Å². The summed E-state index contributed by atoms with van der Waals surface area (Å²) in [5.41, 5.74) is 0.378. The number of hydrogen-bond donors (Lipinski definition) is 1. The summed E-state index contributed by atoms with van der Waals surface area (Å²) in [5, 5.41) is 9.22. The van der Waals surface area contributed by atoms with Gasteiger partial charge >= 0.3 is 5.97 Å². The van der Waals surface area contributed by atoms with Crippen LogP contribution in [-0.2, 0) is 14.8 Å². The summed E-state index contributed by atoms with van der Waals surface area (Å²) in [6.45, 7) is 4.11. The Morgan fingerprint density at radius 2 is 1.78 bits per heavy atom. The van der Waals surface area contributed by atoms with Crippen LogP contribution in [0.1, 0.15) is 37.0 Å². The number of hydrogen-bond acceptors (Lipinski definition) is 5. The van der Waals surface area contributed by atoms with Gasteiger partial charge in [0.1, 0.15) is 12.3 Å². The number of ether oxygens (including phenoxy) is 1. The summed E-state index contributed by atoms with van der Waals surface area (Å²) in [6.07, 6.45) is 0.824. The van der Waals surface area contributed by atoms with Gasteiger partial charge in [0.25, 0.3) is 5.91 Å².